The van der Waals surface area contributed by atoms with E-state index in [2.05, 4.69) is 29.6 Å². The summed E-state index contributed by atoms with van der Waals surface area (Å²) in [5.74, 6) is 0.944. The molecule has 4 rings (SSSR count). The van der Waals surface area contributed by atoms with Gasteiger partial charge in [-0.1, -0.05) is 30.3 Å². The summed E-state index contributed by atoms with van der Waals surface area (Å²) in [6, 6.07) is 16.5. The van der Waals surface area contributed by atoms with Gasteiger partial charge >= 0.3 is 0 Å². The Morgan fingerprint density at radius 1 is 1.14 bits per heavy atom. The van der Waals surface area contributed by atoms with Crippen molar-refractivity contribution in [2.75, 3.05) is 13.1 Å². The minimum Gasteiger partial charge on any atom is -0.489 e. The van der Waals surface area contributed by atoms with E-state index in [0.29, 0.717) is 6.10 Å². The van der Waals surface area contributed by atoms with Crippen LogP contribution in [0, 0.1) is 0 Å². The lowest BCUT2D eigenvalue weighted by Gasteiger charge is -2.11. The first-order valence-electron chi connectivity index (χ1n) is 7.22. The number of benzene rings is 2. The SMILES string of the molecule is c1ccc(-c2nc3ccc(OC4CCNC4)cc3s2)cc1. The smallest absolute Gasteiger partial charge is 0.124 e. The molecule has 0 aliphatic carbocycles. The molecular weight excluding hydrogens is 280 g/mol. The summed E-state index contributed by atoms with van der Waals surface area (Å²) in [5, 5.41) is 4.38. The van der Waals surface area contributed by atoms with Gasteiger partial charge in [0, 0.05) is 12.1 Å². The fourth-order valence-electron chi connectivity index (χ4n) is 2.60. The van der Waals surface area contributed by atoms with Crippen molar-refractivity contribution in [3.05, 3.63) is 48.5 Å². The molecule has 0 saturated carbocycles. The molecule has 1 unspecified atom stereocenters. The maximum absolute atomic E-state index is 6.01. The number of ether oxygens (including phenoxy) is 1. The van der Waals surface area contributed by atoms with E-state index >= 15 is 0 Å². The molecule has 2 heterocycles. The van der Waals surface area contributed by atoms with E-state index in [0.717, 1.165) is 35.8 Å². The van der Waals surface area contributed by atoms with Crippen LogP contribution in [0.25, 0.3) is 20.8 Å². The normalized spacial score (nSPS) is 18.2. The molecule has 1 N–H and O–H groups in total. The Bertz CT molecular complexity index is 748. The van der Waals surface area contributed by atoms with Crippen LogP contribution >= 0.6 is 11.3 Å². The van der Waals surface area contributed by atoms with Gasteiger partial charge in [0.15, 0.2) is 0 Å². The van der Waals surface area contributed by atoms with Crippen molar-refractivity contribution in [2.24, 2.45) is 0 Å². The van der Waals surface area contributed by atoms with Crippen molar-refractivity contribution < 1.29 is 4.74 Å². The number of hydrogen-bond donors (Lipinski definition) is 1. The van der Waals surface area contributed by atoms with E-state index in [9.17, 15) is 0 Å². The van der Waals surface area contributed by atoms with Crippen molar-refractivity contribution >= 4 is 21.6 Å². The van der Waals surface area contributed by atoms with Crippen LogP contribution in [0.5, 0.6) is 5.75 Å². The fourth-order valence-corrected chi connectivity index (χ4v) is 3.60. The van der Waals surface area contributed by atoms with Crippen molar-refractivity contribution in [3.8, 4) is 16.3 Å². The molecule has 3 aromatic rings. The van der Waals surface area contributed by atoms with E-state index < -0.39 is 0 Å². The summed E-state index contributed by atoms with van der Waals surface area (Å²) >= 11 is 1.72. The highest BCUT2D eigenvalue weighted by Gasteiger charge is 2.16. The molecule has 106 valence electrons. The first kappa shape index (κ1) is 12.8. The lowest BCUT2D eigenvalue weighted by atomic mass is 10.2. The zero-order valence-electron chi connectivity index (χ0n) is 11.6. The van der Waals surface area contributed by atoms with Crippen LogP contribution < -0.4 is 10.1 Å². The van der Waals surface area contributed by atoms with Gasteiger partial charge in [-0.3, -0.25) is 0 Å². The number of hydrogen-bond acceptors (Lipinski definition) is 4. The largest absolute Gasteiger partial charge is 0.489 e. The Morgan fingerprint density at radius 3 is 2.86 bits per heavy atom. The molecule has 0 bridgehead atoms. The number of rotatable bonds is 3. The van der Waals surface area contributed by atoms with Gasteiger partial charge in [-0.2, -0.15) is 0 Å². The zero-order chi connectivity index (χ0) is 14.1. The molecule has 1 aliphatic heterocycles. The lowest BCUT2D eigenvalue weighted by Crippen LogP contribution is -2.19. The van der Waals surface area contributed by atoms with Gasteiger partial charge in [0.05, 0.1) is 10.2 Å². The third kappa shape index (κ3) is 2.64. The molecule has 1 aromatic heterocycles. The summed E-state index contributed by atoms with van der Waals surface area (Å²) in [6.45, 7) is 1.99. The average molecular weight is 296 g/mol. The Labute approximate surface area is 127 Å². The molecule has 1 atom stereocenters. The molecule has 3 nitrogen and oxygen atoms in total. The first-order chi connectivity index (χ1) is 10.4. The molecule has 21 heavy (non-hydrogen) atoms. The van der Waals surface area contributed by atoms with Crippen molar-refractivity contribution in [2.45, 2.75) is 12.5 Å². The van der Waals surface area contributed by atoms with Crippen molar-refractivity contribution in [1.29, 1.82) is 0 Å². The van der Waals surface area contributed by atoms with Crippen LogP contribution in [0.1, 0.15) is 6.42 Å². The average Bonchev–Trinajstić information content (AvgIpc) is 3.17. The van der Waals surface area contributed by atoms with E-state index in [1.165, 1.54) is 10.3 Å². The summed E-state index contributed by atoms with van der Waals surface area (Å²) in [6.07, 6.45) is 1.37. The minimum atomic E-state index is 0.295. The number of nitrogens with one attached hydrogen (secondary N) is 1. The monoisotopic (exact) mass is 296 g/mol. The molecule has 0 radical (unpaired) electrons. The molecule has 1 saturated heterocycles. The summed E-state index contributed by atoms with van der Waals surface area (Å²) in [5.41, 5.74) is 2.21. The predicted molar refractivity (Wildman–Crippen MR) is 87.0 cm³/mol. The number of nitrogens with zero attached hydrogens (tertiary/aromatic N) is 1. The second-order valence-corrected chi connectivity index (χ2v) is 6.28. The van der Waals surface area contributed by atoms with Gasteiger partial charge in [0.2, 0.25) is 0 Å². The standard InChI is InChI=1S/C17H16N2OS/c1-2-4-12(5-3-1)17-19-15-7-6-13(10-16(15)21-17)20-14-8-9-18-11-14/h1-7,10,14,18H,8-9,11H2. The van der Waals surface area contributed by atoms with Gasteiger partial charge in [-0.05, 0) is 31.2 Å². The van der Waals surface area contributed by atoms with Crippen LogP contribution in [-0.2, 0) is 0 Å². The van der Waals surface area contributed by atoms with E-state index in [-0.39, 0.29) is 0 Å². The molecule has 1 fully saturated rings. The Balaban J connectivity index is 1.65. The molecule has 4 heteroatoms. The summed E-state index contributed by atoms with van der Waals surface area (Å²) < 4.78 is 7.19. The minimum absolute atomic E-state index is 0.295. The molecule has 1 aliphatic rings. The van der Waals surface area contributed by atoms with Gasteiger partial charge in [0.1, 0.15) is 16.9 Å². The van der Waals surface area contributed by atoms with Gasteiger partial charge in [0.25, 0.3) is 0 Å². The number of thiazole rings is 1. The molecule has 0 amide bonds. The molecule has 0 spiro atoms. The second kappa shape index (κ2) is 5.47. The van der Waals surface area contributed by atoms with Gasteiger partial charge in [-0.25, -0.2) is 4.98 Å². The molecule has 2 aromatic carbocycles. The highest BCUT2D eigenvalue weighted by Crippen LogP contribution is 2.32. The summed E-state index contributed by atoms with van der Waals surface area (Å²) in [4.78, 5) is 4.71. The second-order valence-electron chi connectivity index (χ2n) is 5.25. The Morgan fingerprint density at radius 2 is 2.05 bits per heavy atom. The Kier molecular flexibility index (Phi) is 3.33. The third-order valence-electron chi connectivity index (χ3n) is 3.70. The number of fused-ring (bicyclic) bond motifs is 1. The van der Waals surface area contributed by atoms with Crippen molar-refractivity contribution in [1.82, 2.24) is 10.3 Å². The first-order valence-corrected chi connectivity index (χ1v) is 8.03. The van der Waals surface area contributed by atoms with E-state index in [4.69, 9.17) is 9.72 Å². The van der Waals surface area contributed by atoms with Crippen LogP contribution in [0.4, 0.5) is 0 Å². The highest BCUT2D eigenvalue weighted by molar-refractivity contribution is 7.21. The van der Waals surface area contributed by atoms with Crippen LogP contribution in [0.2, 0.25) is 0 Å². The van der Waals surface area contributed by atoms with Crippen molar-refractivity contribution in [3.63, 3.8) is 0 Å². The maximum Gasteiger partial charge on any atom is 0.124 e. The third-order valence-corrected chi connectivity index (χ3v) is 4.77. The number of aromatic nitrogens is 1. The quantitative estimate of drug-likeness (QED) is 0.800. The highest BCUT2D eigenvalue weighted by atomic mass is 32.1. The van der Waals surface area contributed by atoms with Gasteiger partial charge < -0.3 is 10.1 Å². The maximum atomic E-state index is 6.01. The zero-order valence-corrected chi connectivity index (χ0v) is 12.4. The summed E-state index contributed by atoms with van der Waals surface area (Å²) in [7, 11) is 0. The molecular formula is C17H16N2OS. The van der Waals surface area contributed by atoms with E-state index in [1.807, 2.05) is 24.3 Å². The van der Waals surface area contributed by atoms with E-state index in [1.54, 1.807) is 11.3 Å². The fraction of sp³-hybridized carbons (Fsp3) is 0.235. The van der Waals surface area contributed by atoms with Gasteiger partial charge in [-0.15, -0.1) is 11.3 Å². The van der Waals surface area contributed by atoms with Crippen LogP contribution in [0.15, 0.2) is 48.5 Å². The van der Waals surface area contributed by atoms with Crippen LogP contribution in [-0.4, -0.2) is 24.2 Å². The van der Waals surface area contributed by atoms with Crippen LogP contribution in [0.3, 0.4) is 0 Å². The lowest BCUT2D eigenvalue weighted by molar-refractivity contribution is 0.223. The Hall–Kier alpha value is -1.91. The topological polar surface area (TPSA) is 34.1 Å². The predicted octanol–water partition coefficient (Wildman–Crippen LogP) is 3.70.